The number of anilines is 1. The summed E-state index contributed by atoms with van der Waals surface area (Å²) in [5, 5.41) is 5.06. The molecule has 0 aliphatic rings. The quantitative estimate of drug-likeness (QED) is 0.662. The summed E-state index contributed by atoms with van der Waals surface area (Å²) in [6, 6.07) is 16.3. The van der Waals surface area contributed by atoms with E-state index in [0.29, 0.717) is 5.69 Å². The fraction of sp³-hybridized carbons (Fsp3) is 0.211. The van der Waals surface area contributed by atoms with Crippen LogP contribution in [0.25, 0.3) is 11.1 Å². The van der Waals surface area contributed by atoms with Crippen LogP contribution < -0.4 is 16.4 Å². The zero-order chi connectivity index (χ0) is 18.9. The van der Waals surface area contributed by atoms with Crippen molar-refractivity contribution in [1.82, 2.24) is 5.32 Å². The van der Waals surface area contributed by atoms with Gasteiger partial charge in [0.1, 0.15) is 0 Å². The van der Waals surface area contributed by atoms with E-state index in [1.165, 1.54) is 6.92 Å². The lowest BCUT2D eigenvalue weighted by Gasteiger charge is -2.16. The molecule has 2 rings (SSSR count). The molecule has 4 N–H and O–H groups in total. The summed E-state index contributed by atoms with van der Waals surface area (Å²) in [5.41, 5.74) is 7.37. The fourth-order valence-electron chi connectivity index (χ4n) is 2.29. The standard InChI is InChI=1S/C19H21N3O4/c1-13(26-17(23)11-12-21-19(20)25)18(24)22-16-10-6-5-9-15(16)14-7-3-2-4-8-14/h2-10,13H,11-12H2,1H3,(H,22,24)(H3,20,21,25)/t13-/m1/s1. The predicted molar refractivity (Wildman–Crippen MR) is 98.3 cm³/mol. The normalized spacial score (nSPS) is 11.3. The van der Waals surface area contributed by atoms with Crippen molar-refractivity contribution < 1.29 is 19.1 Å². The lowest BCUT2D eigenvalue weighted by Crippen LogP contribution is -2.33. The number of para-hydroxylation sites is 1. The Kier molecular flexibility index (Phi) is 6.73. The molecule has 136 valence electrons. The Hall–Kier alpha value is -3.35. The van der Waals surface area contributed by atoms with Crippen LogP contribution in [0, 0.1) is 0 Å². The van der Waals surface area contributed by atoms with Crippen molar-refractivity contribution in [3.8, 4) is 11.1 Å². The smallest absolute Gasteiger partial charge is 0.312 e. The van der Waals surface area contributed by atoms with Gasteiger partial charge in [0.2, 0.25) is 0 Å². The molecule has 7 heteroatoms. The maximum Gasteiger partial charge on any atom is 0.312 e. The number of carbonyl (C=O) groups excluding carboxylic acids is 3. The van der Waals surface area contributed by atoms with Crippen LogP contribution in [0.3, 0.4) is 0 Å². The highest BCUT2D eigenvalue weighted by Gasteiger charge is 2.19. The number of hydrogen-bond acceptors (Lipinski definition) is 4. The van der Waals surface area contributed by atoms with Gasteiger partial charge < -0.3 is 21.1 Å². The molecule has 0 saturated carbocycles. The molecule has 0 heterocycles. The zero-order valence-corrected chi connectivity index (χ0v) is 14.4. The van der Waals surface area contributed by atoms with Crippen LogP contribution in [0.5, 0.6) is 0 Å². The van der Waals surface area contributed by atoms with Crippen molar-refractivity contribution in [2.24, 2.45) is 5.73 Å². The number of carbonyl (C=O) groups is 3. The maximum absolute atomic E-state index is 12.3. The number of rotatable bonds is 7. The van der Waals surface area contributed by atoms with Gasteiger partial charge in [0.25, 0.3) is 5.91 Å². The van der Waals surface area contributed by atoms with E-state index in [2.05, 4.69) is 10.6 Å². The van der Waals surface area contributed by atoms with Crippen molar-refractivity contribution in [3.63, 3.8) is 0 Å². The minimum absolute atomic E-state index is 0.0549. The van der Waals surface area contributed by atoms with Crippen LogP contribution in [0.4, 0.5) is 10.5 Å². The molecule has 3 amide bonds. The first-order valence-electron chi connectivity index (χ1n) is 8.15. The number of primary amides is 1. The summed E-state index contributed by atoms with van der Waals surface area (Å²) < 4.78 is 5.07. The lowest BCUT2D eigenvalue weighted by atomic mass is 10.0. The summed E-state index contributed by atoms with van der Waals surface area (Å²) in [7, 11) is 0. The summed E-state index contributed by atoms with van der Waals surface area (Å²) in [6.45, 7) is 1.54. The molecule has 2 aromatic carbocycles. The number of urea groups is 1. The highest BCUT2D eigenvalue weighted by atomic mass is 16.5. The molecule has 0 aliphatic carbocycles. The van der Waals surface area contributed by atoms with Crippen LogP contribution >= 0.6 is 0 Å². The molecule has 7 nitrogen and oxygen atoms in total. The first-order valence-corrected chi connectivity index (χ1v) is 8.15. The van der Waals surface area contributed by atoms with E-state index in [1.54, 1.807) is 6.07 Å². The molecule has 2 aromatic rings. The van der Waals surface area contributed by atoms with E-state index in [-0.39, 0.29) is 13.0 Å². The monoisotopic (exact) mass is 355 g/mol. The number of nitrogens with one attached hydrogen (secondary N) is 2. The molecule has 0 unspecified atom stereocenters. The molecule has 0 aromatic heterocycles. The molecule has 0 radical (unpaired) electrons. The van der Waals surface area contributed by atoms with Crippen molar-refractivity contribution in [2.45, 2.75) is 19.4 Å². The molecule has 0 spiro atoms. The second-order valence-corrected chi connectivity index (χ2v) is 5.57. The Labute approximate surface area is 151 Å². The molecule has 0 saturated heterocycles. The van der Waals surface area contributed by atoms with E-state index in [1.807, 2.05) is 48.5 Å². The Bertz CT molecular complexity index is 777. The molecular weight excluding hydrogens is 334 g/mol. The van der Waals surface area contributed by atoms with Gasteiger partial charge in [-0.3, -0.25) is 9.59 Å². The summed E-state index contributed by atoms with van der Waals surface area (Å²) >= 11 is 0. The van der Waals surface area contributed by atoms with Gasteiger partial charge >= 0.3 is 12.0 Å². The predicted octanol–water partition coefficient (Wildman–Crippen LogP) is 2.28. The van der Waals surface area contributed by atoms with Crippen LogP contribution in [0.15, 0.2) is 54.6 Å². The largest absolute Gasteiger partial charge is 0.452 e. The summed E-state index contributed by atoms with van der Waals surface area (Å²) in [6.07, 6.45) is -1.04. The number of benzene rings is 2. The number of nitrogens with two attached hydrogens (primary N) is 1. The Morgan fingerprint density at radius 1 is 1.04 bits per heavy atom. The molecule has 1 atom stereocenters. The Morgan fingerprint density at radius 3 is 2.38 bits per heavy atom. The van der Waals surface area contributed by atoms with E-state index in [4.69, 9.17) is 10.5 Å². The van der Waals surface area contributed by atoms with Gasteiger partial charge in [-0.25, -0.2) is 4.79 Å². The van der Waals surface area contributed by atoms with E-state index in [9.17, 15) is 14.4 Å². The van der Waals surface area contributed by atoms with E-state index in [0.717, 1.165) is 11.1 Å². The van der Waals surface area contributed by atoms with Gasteiger partial charge in [-0.15, -0.1) is 0 Å². The second-order valence-electron chi connectivity index (χ2n) is 5.57. The minimum Gasteiger partial charge on any atom is -0.452 e. The van der Waals surface area contributed by atoms with Crippen molar-refractivity contribution in [1.29, 1.82) is 0 Å². The Balaban J connectivity index is 1.97. The molecule has 0 bridgehead atoms. The van der Waals surface area contributed by atoms with Crippen LogP contribution in [-0.4, -0.2) is 30.6 Å². The zero-order valence-electron chi connectivity index (χ0n) is 14.4. The van der Waals surface area contributed by atoms with Gasteiger partial charge in [-0.1, -0.05) is 48.5 Å². The van der Waals surface area contributed by atoms with Gasteiger partial charge in [0, 0.05) is 17.8 Å². The van der Waals surface area contributed by atoms with Crippen molar-refractivity contribution in [2.75, 3.05) is 11.9 Å². The maximum atomic E-state index is 12.3. The van der Waals surface area contributed by atoms with Gasteiger partial charge in [0.15, 0.2) is 6.10 Å². The van der Waals surface area contributed by atoms with Gasteiger partial charge in [0.05, 0.1) is 6.42 Å². The molecular formula is C19H21N3O4. The third-order valence-corrected chi connectivity index (χ3v) is 3.58. The van der Waals surface area contributed by atoms with Crippen molar-refractivity contribution >= 4 is 23.6 Å². The van der Waals surface area contributed by atoms with Crippen LogP contribution in [0.2, 0.25) is 0 Å². The van der Waals surface area contributed by atoms with Crippen LogP contribution in [-0.2, 0) is 14.3 Å². The average Bonchev–Trinajstić information content (AvgIpc) is 2.62. The molecule has 0 fully saturated rings. The summed E-state index contributed by atoms with van der Waals surface area (Å²) in [5.74, 6) is -1.04. The molecule has 0 aliphatic heterocycles. The third kappa shape index (κ3) is 5.62. The first kappa shape index (κ1) is 19.0. The topological polar surface area (TPSA) is 111 Å². The van der Waals surface area contributed by atoms with Gasteiger partial charge in [-0.2, -0.15) is 0 Å². The number of amides is 3. The second kappa shape index (κ2) is 9.22. The fourth-order valence-corrected chi connectivity index (χ4v) is 2.29. The SMILES string of the molecule is C[C@@H](OC(=O)CCNC(N)=O)C(=O)Nc1ccccc1-c1ccccc1. The number of esters is 1. The van der Waals surface area contributed by atoms with E-state index < -0.39 is 24.0 Å². The Morgan fingerprint density at radius 2 is 1.69 bits per heavy atom. The minimum atomic E-state index is -0.972. The van der Waals surface area contributed by atoms with E-state index >= 15 is 0 Å². The van der Waals surface area contributed by atoms with Crippen LogP contribution in [0.1, 0.15) is 13.3 Å². The first-order chi connectivity index (χ1) is 12.5. The molecule has 26 heavy (non-hydrogen) atoms. The highest BCUT2D eigenvalue weighted by molar-refractivity contribution is 5.98. The average molecular weight is 355 g/mol. The van der Waals surface area contributed by atoms with Crippen molar-refractivity contribution in [3.05, 3.63) is 54.6 Å². The lowest BCUT2D eigenvalue weighted by molar-refractivity contribution is -0.153. The summed E-state index contributed by atoms with van der Waals surface area (Å²) in [4.78, 5) is 34.6. The number of hydrogen-bond donors (Lipinski definition) is 3. The third-order valence-electron chi connectivity index (χ3n) is 3.58. The highest BCUT2D eigenvalue weighted by Crippen LogP contribution is 2.27. The number of ether oxygens (including phenoxy) is 1. The van der Waals surface area contributed by atoms with Gasteiger partial charge in [-0.05, 0) is 18.6 Å².